The minimum atomic E-state index is -4.41. The molecule has 0 heterocycles. The highest BCUT2D eigenvalue weighted by Crippen LogP contribution is 2.31. The van der Waals surface area contributed by atoms with E-state index >= 15 is 0 Å². The zero-order chi connectivity index (χ0) is 24.3. The molecular formula is C21H21F3N2O5S2. The number of ether oxygens (including phenoxy) is 3. The first-order chi connectivity index (χ1) is 15.7. The van der Waals surface area contributed by atoms with Crippen LogP contribution in [-0.4, -0.2) is 24.7 Å². The van der Waals surface area contributed by atoms with Gasteiger partial charge in [0, 0.05) is 22.0 Å². The third kappa shape index (κ3) is 9.58. The molecule has 12 heteroatoms. The first-order valence-corrected chi connectivity index (χ1v) is 11.6. The highest BCUT2D eigenvalue weighted by Gasteiger charge is 2.30. The molecule has 2 aromatic carbocycles. The summed E-state index contributed by atoms with van der Waals surface area (Å²) in [6.45, 7) is 5.27. The van der Waals surface area contributed by atoms with Crippen LogP contribution in [0.4, 0.5) is 18.0 Å². The van der Waals surface area contributed by atoms with E-state index in [-0.39, 0.29) is 12.4 Å². The Labute approximate surface area is 196 Å². The number of amides is 2. The number of nitrogens with one attached hydrogen (secondary N) is 2. The second kappa shape index (κ2) is 12.9. The third-order valence-electron chi connectivity index (χ3n) is 3.79. The molecule has 0 bridgehead atoms. The Bertz CT molecular complexity index is 925. The van der Waals surface area contributed by atoms with E-state index in [0.29, 0.717) is 17.9 Å². The molecule has 0 aliphatic heterocycles. The predicted molar refractivity (Wildman–Crippen MR) is 121 cm³/mol. The molecule has 33 heavy (non-hydrogen) atoms. The van der Waals surface area contributed by atoms with Gasteiger partial charge in [0.25, 0.3) is 5.91 Å². The van der Waals surface area contributed by atoms with Gasteiger partial charge in [-0.3, -0.25) is 14.2 Å². The van der Waals surface area contributed by atoms with E-state index in [2.05, 4.69) is 16.0 Å². The molecule has 0 fully saturated rings. The van der Waals surface area contributed by atoms with Crippen molar-refractivity contribution < 1.29 is 37.0 Å². The molecule has 0 saturated heterocycles. The fourth-order valence-corrected chi connectivity index (χ4v) is 3.32. The van der Waals surface area contributed by atoms with E-state index in [9.17, 15) is 22.8 Å². The summed E-state index contributed by atoms with van der Waals surface area (Å²) < 4.78 is 58.6. The fourth-order valence-electron chi connectivity index (χ4n) is 2.16. The Morgan fingerprint density at radius 1 is 1.00 bits per heavy atom. The van der Waals surface area contributed by atoms with E-state index in [1.54, 1.807) is 37.3 Å². The summed E-state index contributed by atoms with van der Waals surface area (Å²) in [5, 5.41) is 0. The summed E-state index contributed by atoms with van der Waals surface area (Å²) in [5.74, 6) is 0.591. The van der Waals surface area contributed by atoms with Gasteiger partial charge in [0.2, 0.25) is 0 Å². The first kappa shape index (κ1) is 26.3. The maximum Gasteiger partial charge on any atom is 0.417 e. The zero-order valence-corrected chi connectivity index (χ0v) is 19.0. The molecule has 0 saturated carbocycles. The smallest absolute Gasteiger partial charge is 0.417 e. The van der Waals surface area contributed by atoms with Crippen molar-refractivity contribution in [2.45, 2.75) is 25.6 Å². The van der Waals surface area contributed by atoms with E-state index in [4.69, 9.17) is 14.2 Å². The summed E-state index contributed by atoms with van der Waals surface area (Å²) >= 11 is 0. The fraction of sp³-hybridized carbons (Fsp3) is 0.238. The Kier molecular flexibility index (Phi) is 10.3. The molecule has 0 aliphatic carbocycles. The van der Waals surface area contributed by atoms with Crippen LogP contribution < -0.4 is 18.9 Å². The number of hydrogen-bond acceptors (Lipinski definition) is 7. The maximum absolute atomic E-state index is 12.6. The summed E-state index contributed by atoms with van der Waals surface area (Å²) in [5.41, 5.74) is -0.762. The summed E-state index contributed by atoms with van der Waals surface area (Å²) in [6, 6.07) is 10.6. The van der Waals surface area contributed by atoms with Crippen molar-refractivity contribution in [1.82, 2.24) is 9.44 Å². The van der Waals surface area contributed by atoms with Crippen molar-refractivity contribution in [3.8, 4) is 17.2 Å². The van der Waals surface area contributed by atoms with Crippen LogP contribution in [0.1, 0.15) is 18.9 Å². The summed E-state index contributed by atoms with van der Waals surface area (Å²) in [4.78, 5) is 23.4. The number of benzene rings is 2. The quantitative estimate of drug-likeness (QED) is 0.171. The second-order valence-corrected chi connectivity index (χ2v) is 8.05. The molecule has 178 valence electrons. The van der Waals surface area contributed by atoms with Gasteiger partial charge in [-0.2, -0.15) is 13.2 Å². The standard InChI is InChI=1S/C21H21F3N2O5S2/c1-3-4-13-29-20(28)26-33-32-25-19(27)14(2)30-16-9-11-18(12-10-16)31-17-7-5-15(6-8-17)21(22,23)24/h3,5-12,14H,1,4,13H2,2H3,(H,25,27)(H,26,28). The molecule has 0 spiro atoms. The molecule has 7 nitrogen and oxygen atoms in total. The van der Waals surface area contributed by atoms with E-state index < -0.39 is 29.8 Å². The van der Waals surface area contributed by atoms with Gasteiger partial charge in [-0.1, -0.05) is 6.08 Å². The van der Waals surface area contributed by atoms with E-state index in [0.717, 1.165) is 34.1 Å². The van der Waals surface area contributed by atoms with Gasteiger partial charge in [-0.05, 0) is 61.9 Å². The van der Waals surface area contributed by atoms with Crippen LogP contribution in [0.3, 0.4) is 0 Å². The Morgan fingerprint density at radius 2 is 1.55 bits per heavy atom. The van der Waals surface area contributed by atoms with Gasteiger partial charge < -0.3 is 14.2 Å². The third-order valence-corrected chi connectivity index (χ3v) is 5.16. The Hall–Kier alpha value is -2.99. The minimum Gasteiger partial charge on any atom is -0.481 e. The number of carbonyl (C=O) groups excluding carboxylic acids is 2. The van der Waals surface area contributed by atoms with Gasteiger partial charge in [0.15, 0.2) is 6.10 Å². The van der Waals surface area contributed by atoms with Crippen LogP contribution in [0.15, 0.2) is 61.2 Å². The second-order valence-electron chi connectivity index (χ2n) is 6.30. The zero-order valence-electron chi connectivity index (χ0n) is 17.4. The SMILES string of the molecule is C=CCCOC(=O)NSSNC(=O)C(C)Oc1ccc(Oc2ccc(C(F)(F)F)cc2)cc1. The molecule has 0 aliphatic rings. The van der Waals surface area contributed by atoms with Crippen LogP contribution in [0.2, 0.25) is 0 Å². The van der Waals surface area contributed by atoms with Gasteiger partial charge in [-0.15, -0.1) is 6.58 Å². The van der Waals surface area contributed by atoms with Gasteiger partial charge in [0.05, 0.1) is 12.2 Å². The number of hydrogen-bond donors (Lipinski definition) is 2. The Morgan fingerprint density at radius 3 is 2.12 bits per heavy atom. The number of carbonyl (C=O) groups is 2. The van der Waals surface area contributed by atoms with Crippen molar-refractivity contribution in [1.29, 1.82) is 0 Å². The van der Waals surface area contributed by atoms with Gasteiger partial charge >= 0.3 is 12.3 Å². The first-order valence-electron chi connectivity index (χ1n) is 9.47. The van der Waals surface area contributed by atoms with Gasteiger partial charge in [0.1, 0.15) is 17.2 Å². The van der Waals surface area contributed by atoms with Crippen molar-refractivity contribution in [3.63, 3.8) is 0 Å². The molecule has 1 unspecified atom stereocenters. The lowest BCUT2D eigenvalue weighted by atomic mass is 10.2. The maximum atomic E-state index is 12.6. The van der Waals surface area contributed by atoms with Crippen LogP contribution in [-0.2, 0) is 15.7 Å². The topological polar surface area (TPSA) is 85.9 Å². The lowest BCUT2D eigenvalue weighted by molar-refractivity contribution is -0.137. The highest BCUT2D eigenvalue weighted by molar-refractivity contribution is 8.75. The average Bonchev–Trinajstić information content (AvgIpc) is 2.78. The summed E-state index contributed by atoms with van der Waals surface area (Å²) in [6.07, 6.45) is -3.72. The molecule has 0 aromatic heterocycles. The lowest BCUT2D eigenvalue weighted by Gasteiger charge is -2.14. The summed E-state index contributed by atoms with van der Waals surface area (Å²) in [7, 11) is 1.76. The Balaban J connectivity index is 1.74. The molecular weight excluding hydrogens is 481 g/mol. The normalized spacial score (nSPS) is 11.8. The molecule has 2 rings (SSSR count). The van der Waals surface area contributed by atoms with E-state index in [1.807, 2.05) is 0 Å². The molecule has 1 atom stereocenters. The number of alkyl halides is 3. The lowest BCUT2D eigenvalue weighted by Crippen LogP contribution is -2.32. The van der Waals surface area contributed by atoms with E-state index in [1.165, 1.54) is 12.1 Å². The monoisotopic (exact) mass is 502 g/mol. The predicted octanol–water partition coefficient (Wildman–Crippen LogP) is 5.89. The number of halogens is 3. The van der Waals surface area contributed by atoms with Crippen LogP contribution >= 0.6 is 22.0 Å². The highest BCUT2D eigenvalue weighted by atomic mass is 33.1. The average molecular weight is 503 g/mol. The minimum absolute atomic E-state index is 0.214. The van der Waals surface area contributed by atoms with Crippen LogP contribution in [0.5, 0.6) is 17.2 Å². The van der Waals surface area contributed by atoms with Crippen LogP contribution in [0.25, 0.3) is 0 Å². The van der Waals surface area contributed by atoms with Crippen molar-refractivity contribution >= 4 is 34.0 Å². The van der Waals surface area contributed by atoms with Gasteiger partial charge in [-0.25, -0.2) is 4.79 Å². The van der Waals surface area contributed by atoms with Crippen molar-refractivity contribution in [3.05, 3.63) is 66.7 Å². The molecule has 2 aromatic rings. The van der Waals surface area contributed by atoms with Crippen molar-refractivity contribution in [2.75, 3.05) is 6.61 Å². The van der Waals surface area contributed by atoms with Crippen LogP contribution in [0, 0.1) is 0 Å². The molecule has 0 radical (unpaired) electrons. The van der Waals surface area contributed by atoms with Crippen molar-refractivity contribution in [2.24, 2.45) is 0 Å². The molecule has 2 amide bonds. The molecule has 2 N–H and O–H groups in total. The largest absolute Gasteiger partial charge is 0.481 e. The number of rotatable bonds is 11.